The number of fused-ring (bicyclic) bond motifs is 4. The van der Waals surface area contributed by atoms with E-state index >= 15 is 0 Å². The van der Waals surface area contributed by atoms with Gasteiger partial charge in [-0.15, -0.1) is 0 Å². The number of anilines is 1. The molecule has 3 heterocycles. The first-order valence-electron chi connectivity index (χ1n) is 15.4. The molecule has 5 aliphatic rings. The predicted molar refractivity (Wildman–Crippen MR) is 150 cm³/mol. The van der Waals surface area contributed by atoms with E-state index in [1.54, 1.807) is 18.2 Å². The van der Waals surface area contributed by atoms with E-state index < -0.39 is 24.6 Å². The molecule has 9 heteroatoms. The quantitative estimate of drug-likeness (QED) is 0.490. The van der Waals surface area contributed by atoms with Crippen LogP contribution in [0.2, 0.25) is 0 Å². The SMILES string of the molecule is O=C(O)COc1cccc(N(C(=O)N2CCCC2C(=O)O)C2CC3CCCC(C2)N3C2CC3CCC[C@H](C3)C2)c1. The van der Waals surface area contributed by atoms with Gasteiger partial charge in [-0.05, 0) is 81.8 Å². The van der Waals surface area contributed by atoms with Gasteiger partial charge >= 0.3 is 18.0 Å². The molecule has 40 heavy (non-hydrogen) atoms. The van der Waals surface area contributed by atoms with Crippen LogP contribution in [-0.4, -0.2) is 81.3 Å². The molecule has 0 radical (unpaired) electrons. The zero-order valence-electron chi connectivity index (χ0n) is 23.3. The molecule has 3 aliphatic heterocycles. The number of carboxylic acid groups (broad SMARTS) is 2. The van der Waals surface area contributed by atoms with Gasteiger partial charge in [0.1, 0.15) is 11.8 Å². The molecule has 0 spiro atoms. The van der Waals surface area contributed by atoms with Gasteiger partial charge in [0.15, 0.2) is 6.61 Å². The minimum atomic E-state index is -1.06. The maximum atomic E-state index is 14.2. The van der Waals surface area contributed by atoms with Gasteiger partial charge in [-0.25, -0.2) is 14.4 Å². The van der Waals surface area contributed by atoms with Crippen molar-refractivity contribution < 1.29 is 29.3 Å². The molecule has 2 aliphatic carbocycles. The molecule has 6 rings (SSSR count). The van der Waals surface area contributed by atoms with Crippen molar-refractivity contribution in [1.29, 1.82) is 0 Å². The number of urea groups is 1. The number of ether oxygens (including phenoxy) is 1. The third-order valence-electron chi connectivity index (χ3n) is 10.3. The predicted octanol–water partition coefficient (Wildman–Crippen LogP) is 4.98. The Kier molecular flexibility index (Phi) is 7.93. The number of hydrogen-bond donors (Lipinski definition) is 2. The Balaban J connectivity index is 1.28. The summed E-state index contributed by atoms with van der Waals surface area (Å²) in [4.78, 5) is 43.5. The Morgan fingerprint density at radius 1 is 0.850 bits per heavy atom. The van der Waals surface area contributed by atoms with Crippen LogP contribution in [0.3, 0.4) is 0 Å². The smallest absolute Gasteiger partial charge is 0.341 e. The van der Waals surface area contributed by atoms with Crippen LogP contribution in [0.25, 0.3) is 0 Å². The summed E-state index contributed by atoms with van der Waals surface area (Å²) in [6, 6.07) is 7.45. The number of amides is 2. The largest absolute Gasteiger partial charge is 0.482 e. The summed E-state index contributed by atoms with van der Waals surface area (Å²) in [5, 5.41) is 18.9. The maximum absolute atomic E-state index is 14.2. The molecule has 1 aromatic carbocycles. The number of piperidine rings is 2. The average Bonchev–Trinajstić information content (AvgIpc) is 3.42. The van der Waals surface area contributed by atoms with E-state index in [4.69, 9.17) is 9.84 Å². The van der Waals surface area contributed by atoms with E-state index in [0.29, 0.717) is 48.9 Å². The van der Waals surface area contributed by atoms with Crippen molar-refractivity contribution in [3.05, 3.63) is 24.3 Å². The van der Waals surface area contributed by atoms with Gasteiger partial charge in [-0.3, -0.25) is 9.80 Å². The van der Waals surface area contributed by atoms with E-state index in [9.17, 15) is 19.5 Å². The van der Waals surface area contributed by atoms with Crippen molar-refractivity contribution in [2.24, 2.45) is 11.8 Å². The van der Waals surface area contributed by atoms with Crippen LogP contribution in [0.5, 0.6) is 5.75 Å². The fourth-order valence-corrected chi connectivity index (χ4v) is 8.87. The Morgan fingerprint density at radius 2 is 1.55 bits per heavy atom. The van der Waals surface area contributed by atoms with Crippen LogP contribution < -0.4 is 9.64 Å². The molecular weight excluding hydrogens is 510 g/mol. The number of nitrogens with zero attached hydrogens (tertiary/aromatic N) is 3. The first-order chi connectivity index (χ1) is 19.4. The number of rotatable bonds is 7. The fourth-order valence-electron chi connectivity index (χ4n) is 8.87. The summed E-state index contributed by atoms with van der Waals surface area (Å²) in [6.45, 7) is -0.0332. The van der Waals surface area contributed by atoms with Crippen LogP contribution >= 0.6 is 0 Å². The number of benzene rings is 1. The number of hydrogen-bond acceptors (Lipinski definition) is 5. The first-order valence-corrected chi connectivity index (χ1v) is 15.4. The van der Waals surface area contributed by atoms with Crippen LogP contribution in [0.15, 0.2) is 24.3 Å². The van der Waals surface area contributed by atoms with Crippen molar-refractivity contribution in [3.63, 3.8) is 0 Å². The minimum Gasteiger partial charge on any atom is -0.482 e. The van der Waals surface area contributed by atoms with Crippen molar-refractivity contribution in [1.82, 2.24) is 9.80 Å². The molecular formula is C31H43N3O6. The van der Waals surface area contributed by atoms with E-state index in [-0.39, 0.29) is 12.1 Å². The molecule has 0 aromatic heterocycles. The summed E-state index contributed by atoms with van der Waals surface area (Å²) in [7, 11) is 0. The number of aliphatic carboxylic acids is 2. The highest BCUT2D eigenvalue weighted by molar-refractivity contribution is 5.95. The van der Waals surface area contributed by atoms with Crippen LogP contribution in [0.4, 0.5) is 10.5 Å². The Bertz CT molecular complexity index is 1090. The van der Waals surface area contributed by atoms with E-state index in [0.717, 1.165) is 37.5 Å². The van der Waals surface area contributed by atoms with Gasteiger partial charge in [0.2, 0.25) is 0 Å². The highest BCUT2D eigenvalue weighted by atomic mass is 16.5. The highest BCUT2D eigenvalue weighted by Gasteiger charge is 2.48. The third-order valence-corrected chi connectivity index (χ3v) is 10.3. The van der Waals surface area contributed by atoms with Crippen LogP contribution in [-0.2, 0) is 9.59 Å². The second-order valence-corrected chi connectivity index (χ2v) is 12.9. The summed E-state index contributed by atoms with van der Waals surface area (Å²) >= 11 is 0. The molecule has 3 saturated heterocycles. The fraction of sp³-hybridized carbons (Fsp3) is 0.710. The molecule has 6 atom stereocenters. The van der Waals surface area contributed by atoms with E-state index in [1.165, 1.54) is 49.8 Å². The summed E-state index contributed by atoms with van der Waals surface area (Å²) in [5.41, 5.74) is 0.646. The van der Waals surface area contributed by atoms with E-state index in [2.05, 4.69) is 4.90 Å². The van der Waals surface area contributed by atoms with Gasteiger partial charge in [-0.1, -0.05) is 31.7 Å². The number of carbonyl (C=O) groups excluding carboxylic acids is 1. The second-order valence-electron chi connectivity index (χ2n) is 12.9. The highest BCUT2D eigenvalue weighted by Crippen LogP contribution is 2.47. The lowest BCUT2D eigenvalue weighted by Gasteiger charge is -2.56. The normalized spacial score (nSPS) is 33.8. The molecule has 2 amide bonds. The molecule has 5 fully saturated rings. The maximum Gasteiger partial charge on any atom is 0.341 e. The van der Waals surface area contributed by atoms with Crippen LogP contribution in [0, 0.1) is 11.8 Å². The van der Waals surface area contributed by atoms with Gasteiger partial charge in [0.05, 0.1) is 0 Å². The molecule has 9 nitrogen and oxygen atoms in total. The zero-order valence-corrected chi connectivity index (χ0v) is 23.3. The van der Waals surface area contributed by atoms with Gasteiger partial charge in [-0.2, -0.15) is 0 Å². The molecule has 1 aromatic rings. The minimum absolute atomic E-state index is 0.0492. The van der Waals surface area contributed by atoms with Gasteiger partial charge in [0, 0.05) is 42.5 Å². The van der Waals surface area contributed by atoms with Gasteiger partial charge < -0.3 is 19.8 Å². The lowest BCUT2D eigenvalue weighted by molar-refractivity contribution is -0.141. The number of carbonyl (C=O) groups is 3. The van der Waals surface area contributed by atoms with Crippen molar-refractivity contribution in [3.8, 4) is 5.75 Å². The topological polar surface area (TPSA) is 111 Å². The molecule has 2 N–H and O–H groups in total. The Hall–Kier alpha value is -2.81. The Labute approximate surface area is 236 Å². The number of carboxylic acids is 2. The third kappa shape index (κ3) is 5.54. The lowest BCUT2D eigenvalue weighted by Crippen LogP contribution is -2.63. The molecule has 2 saturated carbocycles. The monoisotopic (exact) mass is 553 g/mol. The molecule has 218 valence electrons. The van der Waals surface area contributed by atoms with Crippen molar-refractivity contribution >= 4 is 23.7 Å². The summed E-state index contributed by atoms with van der Waals surface area (Å²) in [6.07, 6.45) is 14.6. The molecule has 5 unspecified atom stereocenters. The Morgan fingerprint density at radius 3 is 2.23 bits per heavy atom. The summed E-state index contributed by atoms with van der Waals surface area (Å²) in [5.74, 6) is 0.0993. The van der Waals surface area contributed by atoms with Crippen LogP contribution in [0.1, 0.15) is 83.5 Å². The number of likely N-dealkylation sites (tertiary alicyclic amines) is 1. The second kappa shape index (κ2) is 11.6. The average molecular weight is 554 g/mol. The zero-order chi connectivity index (χ0) is 27.8. The van der Waals surface area contributed by atoms with Crippen molar-refractivity contribution in [2.45, 2.75) is 114 Å². The molecule has 4 bridgehead atoms. The first kappa shape index (κ1) is 27.4. The summed E-state index contributed by atoms with van der Waals surface area (Å²) < 4.78 is 5.46. The van der Waals surface area contributed by atoms with Crippen molar-refractivity contribution in [2.75, 3.05) is 18.1 Å². The standard InChI is InChI=1S/C31H43N3O6/c35-29(36)19-40-27-10-3-9-24(18-27)34(31(39)32-12-4-11-28(32)30(37)38)26-16-22-7-2-8-23(17-26)33(22)25-14-20-5-1-6-21(13-20)15-25/h3,9-10,18,20-23,25-26,28H,1-2,4-8,11-17,19H2,(H,35,36)(H,37,38)/t20-,21?,22?,23?,25?,26?,28?/m1/s1. The lowest BCUT2D eigenvalue weighted by atomic mass is 9.68. The van der Waals surface area contributed by atoms with Gasteiger partial charge in [0.25, 0.3) is 0 Å². The van der Waals surface area contributed by atoms with E-state index in [1.807, 2.05) is 11.0 Å².